The van der Waals surface area contributed by atoms with Crippen molar-refractivity contribution in [2.75, 3.05) is 13.2 Å². The second-order valence-electron chi connectivity index (χ2n) is 6.01. The van der Waals surface area contributed by atoms with Gasteiger partial charge in [0.15, 0.2) is 11.5 Å². The summed E-state index contributed by atoms with van der Waals surface area (Å²) in [6.45, 7) is 4.68. The van der Waals surface area contributed by atoms with Crippen molar-refractivity contribution in [3.05, 3.63) is 23.8 Å². The molecular formula is C17H25NO2. The third-order valence-corrected chi connectivity index (χ3v) is 4.57. The second kappa shape index (κ2) is 6.49. The Balaban J connectivity index is 1.65. The van der Waals surface area contributed by atoms with Gasteiger partial charge in [-0.1, -0.05) is 25.0 Å². The van der Waals surface area contributed by atoms with E-state index in [4.69, 9.17) is 9.47 Å². The van der Waals surface area contributed by atoms with Gasteiger partial charge in [-0.05, 0) is 31.7 Å². The summed E-state index contributed by atoms with van der Waals surface area (Å²) in [5, 5.41) is 3.68. The lowest BCUT2D eigenvalue weighted by molar-refractivity contribution is 0.295. The molecule has 0 bridgehead atoms. The van der Waals surface area contributed by atoms with E-state index in [-0.39, 0.29) is 0 Å². The largest absolute Gasteiger partial charge is 0.490 e. The van der Waals surface area contributed by atoms with Crippen LogP contribution in [0, 0.1) is 5.92 Å². The van der Waals surface area contributed by atoms with E-state index >= 15 is 0 Å². The van der Waals surface area contributed by atoms with Gasteiger partial charge in [0.2, 0.25) is 0 Å². The minimum absolute atomic E-state index is 0.583. The predicted molar refractivity (Wildman–Crippen MR) is 80.3 cm³/mol. The fourth-order valence-electron chi connectivity index (χ4n) is 3.29. The fraction of sp³-hybridized carbons (Fsp3) is 0.647. The molecule has 1 atom stereocenters. The summed E-state index contributed by atoms with van der Waals surface area (Å²) in [6, 6.07) is 6.79. The Labute approximate surface area is 121 Å². The first-order valence-electron chi connectivity index (χ1n) is 7.95. The SMILES string of the molecule is C[C@@H](NCc1cccc2c1OCCCO2)C1CCCC1. The van der Waals surface area contributed by atoms with Crippen molar-refractivity contribution in [3.63, 3.8) is 0 Å². The van der Waals surface area contributed by atoms with Crippen LogP contribution in [-0.2, 0) is 6.54 Å². The molecule has 1 N–H and O–H groups in total. The number of benzene rings is 1. The average Bonchev–Trinajstić information content (AvgIpc) is 2.90. The number of nitrogens with one attached hydrogen (secondary N) is 1. The number of hydrogen-bond donors (Lipinski definition) is 1. The van der Waals surface area contributed by atoms with E-state index < -0.39 is 0 Å². The summed E-state index contributed by atoms with van der Waals surface area (Å²) in [4.78, 5) is 0. The molecule has 1 aromatic carbocycles. The Bertz CT molecular complexity index is 441. The second-order valence-corrected chi connectivity index (χ2v) is 6.01. The summed E-state index contributed by atoms with van der Waals surface area (Å²) < 4.78 is 11.6. The van der Waals surface area contributed by atoms with Crippen LogP contribution in [-0.4, -0.2) is 19.3 Å². The van der Waals surface area contributed by atoms with E-state index in [1.807, 2.05) is 6.07 Å². The van der Waals surface area contributed by atoms with Crippen molar-refractivity contribution in [2.24, 2.45) is 5.92 Å². The molecule has 1 aliphatic heterocycles. The van der Waals surface area contributed by atoms with Gasteiger partial charge in [-0.2, -0.15) is 0 Å². The number of hydrogen-bond acceptors (Lipinski definition) is 3. The third-order valence-electron chi connectivity index (χ3n) is 4.57. The van der Waals surface area contributed by atoms with Crippen LogP contribution >= 0.6 is 0 Å². The molecule has 1 aromatic rings. The highest BCUT2D eigenvalue weighted by Crippen LogP contribution is 2.33. The lowest BCUT2D eigenvalue weighted by Crippen LogP contribution is -2.31. The minimum atomic E-state index is 0.583. The predicted octanol–water partition coefficient (Wildman–Crippen LogP) is 3.52. The third kappa shape index (κ3) is 3.09. The average molecular weight is 275 g/mol. The fourth-order valence-corrected chi connectivity index (χ4v) is 3.29. The Morgan fingerprint density at radius 1 is 1.15 bits per heavy atom. The molecule has 1 heterocycles. The van der Waals surface area contributed by atoms with E-state index in [1.54, 1.807) is 0 Å². The van der Waals surface area contributed by atoms with Gasteiger partial charge in [0, 0.05) is 24.6 Å². The molecular weight excluding hydrogens is 250 g/mol. The summed E-state index contributed by atoms with van der Waals surface area (Å²) in [5.74, 6) is 2.68. The summed E-state index contributed by atoms with van der Waals surface area (Å²) >= 11 is 0. The number of para-hydroxylation sites is 1. The van der Waals surface area contributed by atoms with Crippen LogP contribution in [0.3, 0.4) is 0 Å². The van der Waals surface area contributed by atoms with Crippen LogP contribution in [0.1, 0.15) is 44.6 Å². The first-order chi connectivity index (χ1) is 9.84. The maximum absolute atomic E-state index is 5.87. The summed E-state index contributed by atoms with van der Waals surface area (Å²) in [6.07, 6.45) is 6.50. The molecule has 0 aromatic heterocycles. The molecule has 0 unspecified atom stereocenters. The first kappa shape index (κ1) is 13.7. The topological polar surface area (TPSA) is 30.5 Å². The Morgan fingerprint density at radius 2 is 1.95 bits per heavy atom. The molecule has 0 amide bonds. The van der Waals surface area contributed by atoms with Crippen LogP contribution in [0.5, 0.6) is 11.5 Å². The maximum atomic E-state index is 5.87. The van der Waals surface area contributed by atoms with Gasteiger partial charge in [-0.15, -0.1) is 0 Å². The van der Waals surface area contributed by atoms with E-state index in [1.165, 1.54) is 31.2 Å². The number of fused-ring (bicyclic) bond motifs is 1. The van der Waals surface area contributed by atoms with E-state index in [9.17, 15) is 0 Å². The minimum Gasteiger partial charge on any atom is -0.490 e. The molecule has 0 saturated heterocycles. The summed E-state index contributed by atoms with van der Waals surface area (Å²) in [7, 11) is 0. The van der Waals surface area contributed by atoms with Gasteiger partial charge < -0.3 is 14.8 Å². The highest BCUT2D eigenvalue weighted by molar-refractivity contribution is 5.47. The highest BCUT2D eigenvalue weighted by atomic mass is 16.5. The molecule has 3 heteroatoms. The number of ether oxygens (including phenoxy) is 2. The van der Waals surface area contributed by atoms with Gasteiger partial charge in [0.1, 0.15) is 0 Å². The van der Waals surface area contributed by atoms with Crippen molar-refractivity contribution in [1.82, 2.24) is 5.32 Å². The van der Waals surface area contributed by atoms with Crippen molar-refractivity contribution in [1.29, 1.82) is 0 Å². The van der Waals surface area contributed by atoms with Gasteiger partial charge in [-0.25, -0.2) is 0 Å². The van der Waals surface area contributed by atoms with Crippen molar-refractivity contribution in [2.45, 2.75) is 51.6 Å². The van der Waals surface area contributed by atoms with Gasteiger partial charge in [0.25, 0.3) is 0 Å². The molecule has 0 spiro atoms. The van der Waals surface area contributed by atoms with E-state index in [0.717, 1.165) is 43.6 Å². The van der Waals surface area contributed by atoms with Crippen LogP contribution in [0.25, 0.3) is 0 Å². The van der Waals surface area contributed by atoms with Crippen LogP contribution in [0.2, 0.25) is 0 Å². The van der Waals surface area contributed by atoms with Crippen LogP contribution in [0.15, 0.2) is 18.2 Å². The van der Waals surface area contributed by atoms with Gasteiger partial charge in [0.05, 0.1) is 13.2 Å². The van der Waals surface area contributed by atoms with Crippen LogP contribution in [0.4, 0.5) is 0 Å². The zero-order valence-corrected chi connectivity index (χ0v) is 12.4. The zero-order valence-electron chi connectivity index (χ0n) is 12.4. The maximum Gasteiger partial charge on any atom is 0.165 e. The standard InChI is InChI=1S/C17H25NO2/c1-13(14-6-2-3-7-14)18-12-15-8-4-9-16-17(15)20-11-5-10-19-16/h4,8-9,13-14,18H,2-3,5-7,10-12H2,1H3/t13-/m1/s1. The molecule has 110 valence electrons. The lowest BCUT2D eigenvalue weighted by Gasteiger charge is -2.21. The van der Waals surface area contributed by atoms with Gasteiger partial charge in [-0.3, -0.25) is 0 Å². The molecule has 3 rings (SSSR count). The smallest absolute Gasteiger partial charge is 0.165 e. The zero-order chi connectivity index (χ0) is 13.8. The molecule has 1 fully saturated rings. The van der Waals surface area contributed by atoms with Crippen molar-refractivity contribution >= 4 is 0 Å². The normalized spacial score (nSPS) is 20.6. The monoisotopic (exact) mass is 275 g/mol. The first-order valence-corrected chi connectivity index (χ1v) is 7.95. The summed E-state index contributed by atoms with van der Waals surface area (Å²) in [5.41, 5.74) is 1.22. The lowest BCUT2D eigenvalue weighted by atomic mass is 9.99. The molecule has 1 saturated carbocycles. The Kier molecular flexibility index (Phi) is 4.46. The van der Waals surface area contributed by atoms with Crippen LogP contribution < -0.4 is 14.8 Å². The highest BCUT2D eigenvalue weighted by Gasteiger charge is 2.22. The number of rotatable bonds is 4. The molecule has 20 heavy (non-hydrogen) atoms. The molecule has 2 aliphatic rings. The molecule has 0 radical (unpaired) electrons. The van der Waals surface area contributed by atoms with Gasteiger partial charge >= 0.3 is 0 Å². The van der Waals surface area contributed by atoms with E-state index in [0.29, 0.717) is 6.04 Å². The quantitative estimate of drug-likeness (QED) is 0.912. The molecule has 1 aliphatic carbocycles. The van der Waals surface area contributed by atoms with Crippen molar-refractivity contribution < 1.29 is 9.47 Å². The van der Waals surface area contributed by atoms with E-state index in [2.05, 4.69) is 24.4 Å². The van der Waals surface area contributed by atoms with Crippen molar-refractivity contribution in [3.8, 4) is 11.5 Å². The Hall–Kier alpha value is -1.22. The molecule has 3 nitrogen and oxygen atoms in total. The Morgan fingerprint density at radius 3 is 2.80 bits per heavy atom.